The van der Waals surface area contributed by atoms with Crippen molar-refractivity contribution in [1.29, 1.82) is 0 Å². The molecule has 0 bridgehead atoms. The van der Waals surface area contributed by atoms with Gasteiger partial charge >= 0.3 is 0 Å². The van der Waals surface area contributed by atoms with Crippen molar-refractivity contribution in [3.8, 4) is 0 Å². The number of sulfonamides is 1. The number of hydrogen-bond donors (Lipinski definition) is 0. The summed E-state index contributed by atoms with van der Waals surface area (Å²) in [6, 6.07) is 0.972. The number of nitrogens with zero attached hydrogens (tertiary/aromatic N) is 1. The van der Waals surface area contributed by atoms with Crippen LogP contribution in [0, 0.1) is 0 Å². The smallest absolute Gasteiger partial charge is 0.229 e. The zero-order valence-corrected chi connectivity index (χ0v) is 13.4. The predicted molar refractivity (Wildman–Crippen MR) is 75.9 cm³/mol. The van der Waals surface area contributed by atoms with Crippen molar-refractivity contribution in [3.05, 3.63) is 16.3 Å². The lowest BCUT2D eigenvalue weighted by molar-refractivity contribution is 0.357. The normalized spacial score (nSPS) is 24.4. The third-order valence-electron chi connectivity index (χ3n) is 3.02. The topological polar surface area (TPSA) is 71.5 Å². The van der Waals surface area contributed by atoms with Crippen molar-refractivity contribution in [3.63, 3.8) is 0 Å². The highest BCUT2D eigenvalue weighted by atomic mass is 35.5. The summed E-state index contributed by atoms with van der Waals surface area (Å²) in [5, 5.41) is 1.68. The zero-order valence-electron chi connectivity index (χ0n) is 10.2. The van der Waals surface area contributed by atoms with Crippen molar-refractivity contribution in [2.24, 2.45) is 0 Å². The molecule has 0 N–H and O–H groups in total. The Balaban J connectivity index is 2.36. The zero-order chi connectivity index (χ0) is 14.3. The second-order valence-electron chi connectivity index (χ2n) is 4.42. The fourth-order valence-electron chi connectivity index (χ4n) is 2.12. The summed E-state index contributed by atoms with van der Waals surface area (Å²) in [6.45, 7) is 1.62. The molecule has 0 aliphatic carbocycles. The molecule has 1 aromatic heterocycles. The van der Waals surface area contributed by atoms with Gasteiger partial charge in [-0.25, -0.2) is 16.8 Å². The van der Waals surface area contributed by atoms with E-state index in [2.05, 4.69) is 0 Å². The first-order chi connectivity index (χ1) is 8.78. The minimum absolute atomic E-state index is 0.00338. The second-order valence-corrected chi connectivity index (χ2v) is 9.78. The molecule has 9 heteroatoms. The number of halogens is 1. The van der Waals surface area contributed by atoms with Crippen LogP contribution in [0.4, 0.5) is 0 Å². The first-order valence-electron chi connectivity index (χ1n) is 5.62. The summed E-state index contributed by atoms with van der Waals surface area (Å²) in [5.74, 6) is -0.129. The quantitative estimate of drug-likeness (QED) is 0.775. The van der Waals surface area contributed by atoms with E-state index >= 15 is 0 Å². The van der Waals surface area contributed by atoms with E-state index < -0.39 is 25.9 Å². The van der Waals surface area contributed by atoms with Gasteiger partial charge in [0.2, 0.25) is 10.0 Å². The molecule has 1 saturated heterocycles. The molecular formula is C10H14ClNO4S3. The number of rotatable bonds is 3. The minimum atomic E-state index is -3.67. The summed E-state index contributed by atoms with van der Waals surface area (Å²) < 4.78 is 49.3. The Kier molecular flexibility index (Phi) is 4.27. The van der Waals surface area contributed by atoms with Crippen LogP contribution in [0.2, 0.25) is 0 Å². The number of sulfone groups is 1. The van der Waals surface area contributed by atoms with Gasteiger partial charge in [0.1, 0.15) is 0 Å². The molecule has 19 heavy (non-hydrogen) atoms. The van der Waals surface area contributed by atoms with Crippen molar-refractivity contribution in [2.45, 2.75) is 23.7 Å². The molecule has 1 fully saturated rings. The highest BCUT2D eigenvalue weighted by Gasteiger charge is 2.37. The maximum Gasteiger partial charge on any atom is 0.244 e. The molecule has 1 aliphatic heterocycles. The summed E-state index contributed by atoms with van der Waals surface area (Å²) in [7, 11) is -6.81. The average Bonchev–Trinajstić information content (AvgIpc) is 2.75. The fraction of sp³-hybridized carbons (Fsp3) is 0.600. The summed E-state index contributed by atoms with van der Waals surface area (Å²) in [6.07, 6.45) is 0. The SMILES string of the molecule is CC1CS(=O)(=O)CCN1S(=O)(=O)c1ccsc1CCl. The molecule has 1 atom stereocenters. The van der Waals surface area contributed by atoms with Crippen LogP contribution in [-0.2, 0) is 25.7 Å². The van der Waals surface area contributed by atoms with Crippen LogP contribution >= 0.6 is 22.9 Å². The minimum Gasteiger partial charge on any atom is -0.229 e. The van der Waals surface area contributed by atoms with Gasteiger partial charge in [-0.15, -0.1) is 22.9 Å². The molecule has 1 aromatic rings. The molecule has 0 amide bonds. The van der Waals surface area contributed by atoms with E-state index in [-0.39, 0.29) is 28.8 Å². The lowest BCUT2D eigenvalue weighted by Crippen LogP contribution is -2.49. The number of thiophene rings is 1. The molecule has 5 nitrogen and oxygen atoms in total. The molecule has 0 radical (unpaired) electrons. The van der Waals surface area contributed by atoms with Gasteiger partial charge in [0.25, 0.3) is 0 Å². The Morgan fingerprint density at radius 3 is 2.79 bits per heavy atom. The van der Waals surface area contributed by atoms with E-state index in [0.29, 0.717) is 4.88 Å². The Morgan fingerprint density at radius 2 is 2.21 bits per heavy atom. The largest absolute Gasteiger partial charge is 0.244 e. The van der Waals surface area contributed by atoms with Crippen molar-refractivity contribution in [1.82, 2.24) is 4.31 Å². The third-order valence-corrected chi connectivity index (χ3v) is 8.39. The van der Waals surface area contributed by atoms with E-state index in [0.717, 1.165) is 0 Å². The standard InChI is InChI=1S/C10H14ClNO4S3/c1-8-7-18(13,14)5-3-12(8)19(15,16)10-2-4-17-9(10)6-11/h2,4,8H,3,5-7H2,1H3. The number of hydrogen-bond acceptors (Lipinski definition) is 5. The first-order valence-corrected chi connectivity index (χ1v) is 10.3. The molecular weight excluding hydrogens is 330 g/mol. The van der Waals surface area contributed by atoms with Gasteiger partial charge in [0.05, 0.1) is 22.3 Å². The van der Waals surface area contributed by atoms with Crippen LogP contribution in [0.1, 0.15) is 11.8 Å². The van der Waals surface area contributed by atoms with Crippen LogP contribution in [0.5, 0.6) is 0 Å². The fourth-order valence-corrected chi connectivity index (χ4v) is 7.20. The highest BCUT2D eigenvalue weighted by Crippen LogP contribution is 2.29. The Labute approximate surface area is 122 Å². The Morgan fingerprint density at radius 1 is 1.53 bits per heavy atom. The van der Waals surface area contributed by atoms with Gasteiger partial charge in [-0.3, -0.25) is 0 Å². The van der Waals surface area contributed by atoms with Gasteiger partial charge < -0.3 is 0 Å². The van der Waals surface area contributed by atoms with Crippen LogP contribution in [-0.4, -0.2) is 45.2 Å². The monoisotopic (exact) mass is 343 g/mol. The lowest BCUT2D eigenvalue weighted by Gasteiger charge is -2.32. The first kappa shape index (κ1) is 15.2. The number of alkyl halides is 1. The maximum absolute atomic E-state index is 12.5. The molecule has 0 spiro atoms. The van der Waals surface area contributed by atoms with Crippen LogP contribution < -0.4 is 0 Å². The van der Waals surface area contributed by atoms with Gasteiger partial charge in [0.15, 0.2) is 9.84 Å². The predicted octanol–water partition coefficient (Wildman–Crippen LogP) is 1.29. The lowest BCUT2D eigenvalue weighted by atomic mass is 10.4. The van der Waals surface area contributed by atoms with E-state index in [9.17, 15) is 16.8 Å². The van der Waals surface area contributed by atoms with Crippen LogP contribution in [0.3, 0.4) is 0 Å². The Bertz CT molecular complexity index is 665. The van der Waals surface area contributed by atoms with Gasteiger partial charge in [0, 0.05) is 17.5 Å². The van der Waals surface area contributed by atoms with Crippen molar-refractivity contribution in [2.75, 3.05) is 18.1 Å². The van der Waals surface area contributed by atoms with E-state index in [4.69, 9.17) is 11.6 Å². The van der Waals surface area contributed by atoms with E-state index in [1.165, 1.54) is 21.7 Å². The second kappa shape index (κ2) is 5.33. The molecule has 0 saturated carbocycles. The molecule has 2 rings (SSSR count). The van der Waals surface area contributed by atoms with E-state index in [1.54, 1.807) is 12.3 Å². The summed E-state index contributed by atoms with van der Waals surface area (Å²) in [5.41, 5.74) is 0. The third kappa shape index (κ3) is 2.97. The molecule has 108 valence electrons. The Hall–Kier alpha value is -0.150. The van der Waals surface area contributed by atoms with Crippen LogP contribution in [0.15, 0.2) is 16.3 Å². The molecule has 1 unspecified atom stereocenters. The molecule has 2 heterocycles. The average molecular weight is 344 g/mol. The highest BCUT2D eigenvalue weighted by molar-refractivity contribution is 7.92. The van der Waals surface area contributed by atoms with Gasteiger partial charge in [-0.05, 0) is 18.4 Å². The van der Waals surface area contributed by atoms with Crippen molar-refractivity contribution >= 4 is 42.8 Å². The summed E-state index contributed by atoms with van der Waals surface area (Å²) >= 11 is 7.02. The molecule has 1 aliphatic rings. The van der Waals surface area contributed by atoms with Crippen LogP contribution in [0.25, 0.3) is 0 Å². The van der Waals surface area contributed by atoms with Crippen molar-refractivity contribution < 1.29 is 16.8 Å². The summed E-state index contributed by atoms with van der Waals surface area (Å²) in [4.78, 5) is 0.779. The molecule has 0 aromatic carbocycles. The maximum atomic E-state index is 12.5. The van der Waals surface area contributed by atoms with Gasteiger partial charge in [-0.1, -0.05) is 0 Å². The van der Waals surface area contributed by atoms with Gasteiger partial charge in [-0.2, -0.15) is 4.31 Å². The van der Waals surface area contributed by atoms with E-state index in [1.807, 2.05) is 0 Å².